The Bertz CT molecular complexity index is 199. The van der Waals surface area contributed by atoms with Gasteiger partial charge in [0.25, 0.3) is 0 Å². The molecule has 4 atom stereocenters. The van der Waals surface area contributed by atoms with Crippen LogP contribution in [0.1, 0.15) is 6.42 Å². The first kappa shape index (κ1) is 10.3. The normalized spacial score (nSPS) is 40.2. The Morgan fingerprint density at radius 2 is 2.23 bits per heavy atom. The van der Waals surface area contributed by atoms with Crippen LogP contribution in [-0.4, -0.2) is 46.2 Å². The quantitative estimate of drug-likeness (QED) is 0.346. The molecular formula is C6H12N2O5. The van der Waals surface area contributed by atoms with Gasteiger partial charge in [0.05, 0.1) is 6.10 Å². The van der Waals surface area contributed by atoms with Crippen molar-refractivity contribution < 1.29 is 19.9 Å². The van der Waals surface area contributed by atoms with Crippen LogP contribution in [0.5, 0.6) is 0 Å². The maximum absolute atomic E-state index is 10.4. The number of aliphatic hydroxyl groups excluding tert-OH is 2. The summed E-state index contributed by atoms with van der Waals surface area (Å²) < 4.78 is 4.80. The number of hydrogen-bond donors (Lipinski definition) is 3. The van der Waals surface area contributed by atoms with Gasteiger partial charge in [-0.2, -0.15) is 0 Å². The van der Waals surface area contributed by atoms with Crippen molar-refractivity contribution in [1.82, 2.24) is 0 Å². The molecule has 0 aromatic rings. The highest BCUT2D eigenvalue weighted by Gasteiger charge is 2.43. The first-order chi connectivity index (χ1) is 6.06. The largest absolute Gasteiger partial charge is 0.381 e. The molecule has 1 aliphatic rings. The third-order valence-corrected chi connectivity index (χ3v) is 2.06. The zero-order chi connectivity index (χ0) is 10.0. The Kier molecular flexibility index (Phi) is 3.15. The molecule has 13 heavy (non-hydrogen) atoms. The maximum Gasteiger partial charge on any atom is 0.246 e. The molecular weight excluding hydrogens is 180 g/mol. The maximum atomic E-state index is 10.4. The second-order valence-electron chi connectivity index (χ2n) is 2.96. The van der Waals surface area contributed by atoms with E-state index < -0.39 is 29.5 Å². The van der Waals surface area contributed by atoms with E-state index in [1.54, 1.807) is 0 Å². The van der Waals surface area contributed by atoms with Crippen molar-refractivity contribution >= 4 is 0 Å². The summed E-state index contributed by atoms with van der Waals surface area (Å²) >= 11 is 0. The van der Waals surface area contributed by atoms with Crippen LogP contribution in [0.3, 0.4) is 0 Å². The number of nitrogens with two attached hydrogens (primary N) is 1. The molecule has 1 rings (SSSR count). The number of hydrogen-bond acceptors (Lipinski definition) is 6. The highest BCUT2D eigenvalue weighted by atomic mass is 16.6. The zero-order valence-corrected chi connectivity index (χ0v) is 6.87. The average Bonchev–Trinajstić information content (AvgIpc) is 2.09. The molecule has 3 unspecified atom stereocenters. The Balaban J connectivity index is 2.66. The van der Waals surface area contributed by atoms with Crippen LogP contribution >= 0.6 is 0 Å². The lowest BCUT2D eigenvalue weighted by atomic mass is 10.0. The predicted octanol–water partition coefficient (Wildman–Crippen LogP) is -1.94. The second-order valence-corrected chi connectivity index (χ2v) is 2.96. The summed E-state index contributed by atoms with van der Waals surface area (Å²) in [5.41, 5.74) is 5.23. The van der Waals surface area contributed by atoms with Crippen molar-refractivity contribution in [2.45, 2.75) is 31.0 Å². The minimum Gasteiger partial charge on any atom is -0.381 e. The Morgan fingerprint density at radius 1 is 1.62 bits per heavy atom. The molecule has 0 aromatic carbocycles. The molecule has 1 saturated heterocycles. The van der Waals surface area contributed by atoms with Crippen molar-refractivity contribution in [3.63, 3.8) is 0 Å². The van der Waals surface area contributed by atoms with Gasteiger partial charge in [-0.3, -0.25) is 10.1 Å². The van der Waals surface area contributed by atoms with E-state index in [1.807, 2.05) is 0 Å². The van der Waals surface area contributed by atoms with Crippen molar-refractivity contribution in [2.24, 2.45) is 5.73 Å². The first-order valence-electron chi connectivity index (χ1n) is 3.91. The van der Waals surface area contributed by atoms with Crippen molar-refractivity contribution in [2.75, 3.05) is 6.54 Å². The van der Waals surface area contributed by atoms with Crippen LogP contribution in [0, 0.1) is 10.1 Å². The molecule has 0 aromatic heterocycles. The molecule has 0 bridgehead atoms. The van der Waals surface area contributed by atoms with Crippen LogP contribution in [0.4, 0.5) is 0 Å². The molecule has 7 heteroatoms. The fourth-order valence-corrected chi connectivity index (χ4v) is 1.29. The molecule has 0 aliphatic carbocycles. The molecule has 4 N–H and O–H groups in total. The van der Waals surface area contributed by atoms with E-state index in [-0.39, 0.29) is 13.0 Å². The van der Waals surface area contributed by atoms with Crippen LogP contribution < -0.4 is 5.73 Å². The van der Waals surface area contributed by atoms with Crippen LogP contribution in [-0.2, 0) is 4.74 Å². The molecule has 1 fully saturated rings. The lowest BCUT2D eigenvalue weighted by Crippen LogP contribution is -2.53. The summed E-state index contributed by atoms with van der Waals surface area (Å²) in [7, 11) is 0. The van der Waals surface area contributed by atoms with E-state index in [2.05, 4.69) is 0 Å². The van der Waals surface area contributed by atoms with Gasteiger partial charge in [-0.25, -0.2) is 0 Å². The number of nitrogens with zero attached hydrogens (tertiary/aromatic N) is 1. The van der Waals surface area contributed by atoms with Gasteiger partial charge in [-0.05, 0) is 0 Å². The van der Waals surface area contributed by atoms with Crippen LogP contribution in [0.25, 0.3) is 0 Å². The topological polar surface area (TPSA) is 119 Å². The smallest absolute Gasteiger partial charge is 0.246 e. The summed E-state index contributed by atoms with van der Waals surface area (Å²) in [5, 5.41) is 28.6. The van der Waals surface area contributed by atoms with Gasteiger partial charge >= 0.3 is 0 Å². The van der Waals surface area contributed by atoms with Gasteiger partial charge in [0.2, 0.25) is 6.04 Å². The first-order valence-corrected chi connectivity index (χ1v) is 3.91. The Labute approximate surface area is 74.3 Å². The molecule has 0 saturated carbocycles. The molecule has 1 aliphatic heterocycles. The van der Waals surface area contributed by atoms with E-state index in [0.29, 0.717) is 0 Å². The van der Waals surface area contributed by atoms with E-state index in [9.17, 15) is 10.1 Å². The van der Waals surface area contributed by atoms with Gasteiger partial charge in [0.1, 0.15) is 0 Å². The number of aliphatic hydroxyl groups is 2. The fraction of sp³-hybridized carbons (Fsp3) is 1.00. The van der Waals surface area contributed by atoms with E-state index in [0.717, 1.165) is 0 Å². The van der Waals surface area contributed by atoms with E-state index >= 15 is 0 Å². The minimum absolute atomic E-state index is 0.0295. The lowest BCUT2D eigenvalue weighted by Gasteiger charge is -2.31. The molecule has 0 radical (unpaired) electrons. The number of rotatable bonds is 2. The van der Waals surface area contributed by atoms with Gasteiger partial charge in [0.15, 0.2) is 12.4 Å². The standard InChI is InChI=1S/C6H12N2O5/c7-2-3-1-4(8(11)12)5(9)6(10)13-3/h3-6,9-10H,1-2,7H2/t3?,4?,5?,6-/m1/s1. The summed E-state index contributed by atoms with van der Waals surface area (Å²) in [6.45, 7) is 0.0914. The van der Waals surface area contributed by atoms with Gasteiger partial charge in [0, 0.05) is 17.9 Å². The Hall–Kier alpha value is -0.760. The van der Waals surface area contributed by atoms with Crippen molar-refractivity contribution in [3.05, 3.63) is 10.1 Å². The van der Waals surface area contributed by atoms with E-state index in [1.165, 1.54) is 0 Å². The third kappa shape index (κ3) is 2.13. The SMILES string of the molecule is NCC1CC([N+](=O)[O-])C(O)[C@H](O)O1. The molecule has 0 spiro atoms. The molecule has 1 heterocycles. The van der Waals surface area contributed by atoms with Crippen molar-refractivity contribution in [1.29, 1.82) is 0 Å². The third-order valence-electron chi connectivity index (χ3n) is 2.06. The van der Waals surface area contributed by atoms with Gasteiger partial charge in [-0.1, -0.05) is 0 Å². The monoisotopic (exact) mass is 192 g/mol. The second kappa shape index (κ2) is 3.97. The summed E-state index contributed by atoms with van der Waals surface area (Å²) in [6, 6.07) is -1.20. The lowest BCUT2D eigenvalue weighted by molar-refractivity contribution is -0.550. The zero-order valence-electron chi connectivity index (χ0n) is 6.87. The fourth-order valence-electron chi connectivity index (χ4n) is 1.29. The Morgan fingerprint density at radius 3 is 2.69 bits per heavy atom. The number of ether oxygens (including phenoxy) is 1. The van der Waals surface area contributed by atoms with Gasteiger partial charge < -0.3 is 20.7 Å². The predicted molar refractivity (Wildman–Crippen MR) is 41.3 cm³/mol. The molecule has 76 valence electrons. The summed E-state index contributed by atoms with van der Waals surface area (Å²) in [5.74, 6) is 0. The van der Waals surface area contributed by atoms with Crippen LogP contribution in [0.15, 0.2) is 0 Å². The minimum atomic E-state index is -1.52. The summed E-state index contributed by atoms with van der Waals surface area (Å²) in [6.07, 6.45) is -3.52. The number of nitro groups is 1. The van der Waals surface area contributed by atoms with Crippen molar-refractivity contribution in [3.8, 4) is 0 Å². The average molecular weight is 192 g/mol. The summed E-state index contributed by atoms with van der Waals surface area (Å²) in [4.78, 5) is 9.78. The molecule has 0 amide bonds. The highest BCUT2D eigenvalue weighted by molar-refractivity contribution is 4.81. The van der Waals surface area contributed by atoms with Gasteiger partial charge in [-0.15, -0.1) is 0 Å². The highest BCUT2D eigenvalue weighted by Crippen LogP contribution is 2.20. The molecule has 7 nitrogen and oxygen atoms in total. The van der Waals surface area contributed by atoms with E-state index in [4.69, 9.17) is 20.7 Å². The van der Waals surface area contributed by atoms with Crippen LogP contribution in [0.2, 0.25) is 0 Å².